The second-order valence-corrected chi connectivity index (χ2v) is 7.03. The van der Waals surface area contributed by atoms with Gasteiger partial charge in [-0.15, -0.1) is 0 Å². The average Bonchev–Trinajstić information content (AvgIpc) is 3.16. The van der Waals surface area contributed by atoms with E-state index in [9.17, 15) is 4.79 Å². The van der Waals surface area contributed by atoms with E-state index in [-0.39, 0.29) is 5.78 Å². The molecule has 1 N–H and O–H groups in total. The van der Waals surface area contributed by atoms with Crippen LogP contribution in [0.1, 0.15) is 51.4 Å². The number of hydrogen-bond donors (Lipinski definition) is 1. The highest BCUT2D eigenvalue weighted by Gasteiger charge is 2.17. The molecule has 0 unspecified atom stereocenters. The van der Waals surface area contributed by atoms with Gasteiger partial charge < -0.3 is 9.72 Å². The van der Waals surface area contributed by atoms with Crippen molar-refractivity contribution >= 4 is 5.78 Å². The van der Waals surface area contributed by atoms with Gasteiger partial charge in [-0.3, -0.25) is 4.79 Å². The number of nitrogens with zero attached hydrogens (tertiary/aromatic N) is 2. The average molecular weight is 371 g/mol. The lowest BCUT2D eigenvalue weighted by Crippen LogP contribution is -2.11. The van der Waals surface area contributed by atoms with Crippen molar-refractivity contribution < 1.29 is 9.53 Å². The molecular weight excluding hydrogens is 350 g/mol. The number of ketones is 1. The van der Waals surface area contributed by atoms with Crippen molar-refractivity contribution in [3.8, 4) is 11.8 Å². The fraction of sp³-hybridized carbons (Fsp3) is 0.261. The lowest BCUT2D eigenvalue weighted by Gasteiger charge is -2.15. The highest BCUT2D eigenvalue weighted by molar-refractivity contribution is 5.98. The van der Waals surface area contributed by atoms with E-state index in [0.717, 1.165) is 53.2 Å². The Labute approximate surface area is 164 Å². The molecule has 0 fully saturated rings. The lowest BCUT2D eigenvalue weighted by molar-refractivity contribution is 0.0972. The molecule has 0 aliphatic heterocycles. The van der Waals surface area contributed by atoms with Gasteiger partial charge in [0.25, 0.3) is 0 Å². The third-order valence-electron chi connectivity index (χ3n) is 5.00. The number of imidazole rings is 1. The van der Waals surface area contributed by atoms with Crippen molar-refractivity contribution in [2.24, 2.45) is 0 Å². The Morgan fingerprint density at radius 3 is 2.82 bits per heavy atom. The predicted molar refractivity (Wildman–Crippen MR) is 105 cm³/mol. The number of hydrogen-bond acceptors (Lipinski definition) is 4. The van der Waals surface area contributed by atoms with E-state index in [4.69, 9.17) is 10.00 Å². The maximum atomic E-state index is 11.9. The summed E-state index contributed by atoms with van der Waals surface area (Å²) in [7, 11) is 0. The normalized spacial score (nSPS) is 13.0. The molecule has 140 valence electrons. The van der Waals surface area contributed by atoms with Crippen molar-refractivity contribution in [2.75, 3.05) is 6.61 Å². The smallest absolute Gasteiger partial charge is 0.163 e. The van der Waals surface area contributed by atoms with Gasteiger partial charge in [0.1, 0.15) is 11.6 Å². The van der Waals surface area contributed by atoms with Gasteiger partial charge in [0.15, 0.2) is 5.78 Å². The second kappa shape index (κ2) is 8.10. The molecule has 0 saturated heterocycles. The Hall–Kier alpha value is -3.39. The third-order valence-corrected chi connectivity index (χ3v) is 5.00. The molecule has 0 saturated carbocycles. The third kappa shape index (κ3) is 4.12. The summed E-state index contributed by atoms with van der Waals surface area (Å²) in [6.45, 7) is 0.547. The van der Waals surface area contributed by atoms with E-state index < -0.39 is 0 Å². The maximum Gasteiger partial charge on any atom is 0.163 e. The first-order valence-electron chi connectivity index (χ1n) is 9.52. The van der Waals surface area contributed by atoms with Gasteiger partial charge in [0.05, 0.1) is 18.2 Å². The number of rotatable bonds is 6. The molecule has 0 amide bonds. The number of aromatic amines is 1. The van der Waals surface area contributed by atoms with Gasteiger partial charge in [0.2, 0.25) is 0 Å². The number of fused-ring (bicyclic) bond motifs is 1. The van der Waals surface area contributed by atoms with Crippen molar-refractivity contribution in [2.45, 2.75) is 32.1 Å². The molecule has 4 rings (SSSR count). The number of aryl methyl sites for hydroxylation is 1. The summed E-state index contributed by atoms with van der Waals surface area (Å²) < 4.78 is 5.87. The summed E-state index contributed by atoms with van der Waals surface area (Å²) in [5.41, 5.74) is 4.74. The van der Waals surface area contributed by atoms with Gasteiger partial charge >= 0.3 is 0 Å². The van der Waals surface area contributed by atoms with Crippen molar-refractivity contribution in [1.29, 1.82) is 5.26 Å². The van der Waals surface area contributed by atoms with Gasteiger partial charge in [0, 0.05) is 36.7 Å². The topological polar surface area (TPSA) is 78.8 Å². The first-order valence-corrected chi connectivity index (χ1v) is 9.52. The highest BCUT2D eigenvalue weighted by atomic mass is 16.5. The molecule has 2 aromatic carbocycles. The van der Waals surface area contributed by atoms with Crippen molar-refractivity contribution in [3.05, 3.63) is 82.4 Å². The van der Waals surface area contributed by atoms with Crippen molar-refractivity contribution in [1.82, 2.24) is 9.97 Å². The summed E-state index contributed by atoms with van der Waals surface area (Å²) in [5.74, 6) is 1.94. The zero-order chi connectivity index (χ0) is 19.3. The standard InChI is InChI=1S/C23H21N3O2/c24-14-17-6-4-16(5-7-17)12-23-25-15-19(26-23)10-11-28-20-8-9-21-18(13-20)2-1-3-22(21)27/h4-9,13,15H,1-3,10-12H2,(H,25,26). The molecule has 1 aliphatic rings. The Morgan fingerprint density at radius 1 is 1.14 bits per heavy atom. The van der Waals surface area contributed by atoms with Crippen LogP contribution in [0.5, 0.6) is 5.75 Å². The highest BCUT2D eigenvalue weighted by Crippen LogP contribution is 2.25. The number of carbonyl (C=O) groups is 1. The number of carbonyl (C=O) groups excluding carboxylic acids is 1. The van der Waals surface area contributed by atoms with Gasteiger partial charge in [-0.25, -0.2) is 4.98 Å². The molecule has 0 atom stereocenters. The first kappa shape index (κ1) is 18.0. The summed E-state index contributed by atoms with van der Waals surface area (Å²) in [6, 6.07) is 15.4. The fourth-order valence-electron chi connectivity index (χ4n) is 3.50. The number of Topliss-reactive ketones (excluding diaryl/α,β-unsaturated/α-hetero) is 1. The molecule has 5 nitrogen and oxygen atoms in total. The Morgan fingerprint density at radius 2 is 2.00 bits per heavy atom. The monoisotopic (exact) mass is 371 g/mol. The van der Waals surface area contributed by atoms with Gasteiger partial charge in [-0.05, 0) is 54.3 Å². The molecule has 0 radical (unpaired) electrons. The molecule has 5 heteroatoms. The minimum atomic E-state index is 0.236. The SMILES string of the molecule is N#Cc1ccc(Cc2ncc(CCOc3ccc4c(c3)CCCC4=O)[nH]2)cc1. The van der Waals surface area contributed by atoms with E-state index in [1.54, 1.807) is 0 Å². The molecule has 28 heavy (non-hydrogen) atoms. The van der Waals surface area contributed by atoms with Crippen LogP contribution in [-0.2, 0) is 19.3 Å². The van der Waals surface area contributed by atoms with Crippen LogP contribution < -0.4 is 4.74 Å². The Bertz CT molecular complexity index is 1030. The Kier molecular flexibility index (Phi) is 5.20. The van der Waals surface area contributed by atoms with Crippen LogP contribution in [0.15, 0.2) is 48.7 Å². The van der Waals surface area contributed by atoms with Crippen LogP contribution >= 0.6 is 0 Å². The number of H-pyrrole nitrogens is 1. The first-order chi connectivity index (χ1) is 13.7. The molecule has 3 aromatic rings. The maximum absolute atomic E-state index is 11.9. The summed E-state index contributed by atoms with van der Waals surface area (Å²) >= 11 is 0. The van der Waals surface area contributed by atoms with E-state index >= 15 is 0 Å². The largest absolute Gasteiger partial charge is 0.493 e. The Balaban J connectivity index is 1.31. The van der Waals surface area contributed by atoms with Crippen molar-refractivity contribution in [3.63, 3.8) is 0 Å². The second-order valence-electron chi connectivity index (χ2n) is 7.03. The van der Waals surface area contributed by atoms with Gasteiger partial charge in [-0.1, -0.05) is 12.1 Å². The number of benzene rings is 2. The van der Waals surface area contributed by atoms with E-state index in [2.05, 4.69) is 16.0 Å². The van der Waals surface area contributed by atoms with Crippen LogP contribution in [0.3, 0.4) is 0 Å². The van der Waals surface area contributed by atoms with Crippen LogP contribution in [0, 0.1) is 11.3 Å². The molecule has 0 spiro atoms. The predicted octanol–water partition coefficient (Wildman–Crippen LogP) is 4.01. The fourth-order valence-corrected chi connectivity index (χ4v) is 3.50. The van der Waals surface area contributed by atoms with E-state index in [1.807, 2.05) is 48.7 Å². The summed E-state index contributed by atoms with van der Waals surface area (Å²) in [6.07, 6.45) is 5.79. The quantitative estimate of drug-likeness (QED) is 0.710. The van der Waals surface area contributed by atoms with Crippen LogP contribution in [-0.4, -0.2) is 22.4 Å². The number of aromatic nitrogens is 2. The lowest BCUT2D eigenvalue weighted by atomic mass is 9.90. The van der Waals surface area contributed by atoms with E-state index in [1.165, 1.54) is 0 Å². The molecule has 1 aromatic heterocycles. The van der Waals surface area contributed by atoms with E-state index in [0.29, 0.717) is 25.0 Å². The molecule has 1 heterocycles. The minimum Gasteiger partial charge on any atom is -0.493 e. The zero-order valence-electron chi connectivity index (χ0n) is 15.6. The van der Waals surface area contributed by atoms with Crippen LogP contribution in [0.25, 0.3) is 0 Å². The molecule has 0 bridgehead atoms. The minimum absolute atomic E-state index is 0.236. The summed E-state index contributed by atoms with van der Waals surface area (Å²) in [5, 5.41) is 8.86. The number of nitriles is 1. The van der Waals surface area contributed by atoms with Crippen LogP contribution in [0.2, 0.25) is 0 Å². The summed E-state index contributed by atoms with van der Waals surface area (Å²) in [4.78, 5) is 19.7. The number of nitrogens with one attached hydrogen (secondary N) is 1. The number of ether oxygens (including phenoxy) is 1. The molecule has 1 aliphatic carbocycles. The zero-order valence-corrected chi connectivity index (χ0v) is 15.6. The van der Waals surface area contributed by atoms with Crippen LogP contribution in [0.4, 0.5) is 0 Å². The van der Waals surface area contributed by atoms with Gasteiger partial charge in [-0.2, -0.15) is 5.26 Å². The molecular formula is C23H21N3O2.